The minimum absolute atomic E-state index is 0.0554. The van der Waals surface area contributed by atoms with Crippen LogP contribution < -0.4 is 20.7 Å². The first kappa shape index (κ1) is 21.1. The molecular formula is C46H32Si. The maximum absolute atomic E-state index is 9.72. The van der Waals surface area contributed by atoms with E-state index in [9.17, 15) is 4.11 Å². The summed E-state index contributed by atoms with van der Waals surface area (Å²) in [6.45, 7) is 0. The van der Waals surface area contributed by atoms with Crippen LogP contribution in [0.1, 0.15) is 9.60 Å². The van der Waals surface area contributed by atoms with Crippen LogP contribution in [0.25, 0.3) is 54.2 Å². The second kappa shape index (κ2) is 11.2. The van der Waals surface area contributed by atoms with Crippen molar-refractivity contribution in [2.75, 3.05) is 0 Å². The molecule has 0 fully saturated rings. The Kier molecular flexibility index (Phi) is 5.05. The van der Waals surface area contributed by atoms with Crippen molar-refractivity contribution in [3.63, 3.8) is 0 Å². The van der Waals surface area contributed by atoms with E-state index in [2.05, 4.69) is 103 Å². The molecule has 47 heavy (non-hydrogen) atoms. The number of rotatable bonds is 5. The minimum atomic E-state index is -3.18. The van der Waals surface area contributed by atoms with Gasteiger partial charge < -0.3 is 0 Å². The Hall–Kier alpha value is -5.76. The Labute approximate surface area is 286 Å². The number of hydrogen-bond donors (Lipinski definition) is 0. The zero-order valence-corrected chi connectivity index (χ0v) is 26.4. The normalized spacial score (nSPS) is 13.9. The molecular weight excluding hydrogens is 581 g/mol. The van der Waals surface area contributed by atoms with Crippen LogP contribution in [-0.4, -0.2) is 8.07 Å². The van der Waals surface area contributed by atoms with Gasteiger partial charge >= 0.3 is 0 Å². The lowest BCUT2D eigenvalue weighted by Crippen LogP contribution is -2.75. The van der Waals surface area contributed by atoms with Crippen molar-refractivity contribution in [2.24, 2.45) is 0 Å². The summed E-state index contributed by atoms with van der Waals surface area (Å²) >= 11 is 0. The van der Waals surface area contributed by atoms with Crippen molar-refractivity contribution in [3.05, 3.63) is 194 Å². The fraction of sp³-hybridized carbons (Fsp3) is 0. The molecule has 0 saturated carbocycles. The van der Waals surface area contributed by atoms with Crippen molar-refractivity contribution < 1.29 is 9.60 Å². The summed E-state index contributed by atoms with van der Waals surface area (Å²) in [6, 6.07) is 50.2. The van der Waals surface area contributed by atoms with Gasteiger partial charge in [0.1, 0.15) is 0 Å². The Morgan fingerprint density at radius 1 is 0.383 bits per heavy atom. The summed E-state index contributed by atoms with van der Waals surface area (Å²) in [7, 11) is -3.18. The molecule has 9 aromatic rings. The van der Waals surface area contributed by atoms with E-state index < -0.39 is 26.2 Å². The monoisotopic (exact) mass is 619 g/mol. The molecule has 0 amide bonds. The van der Waals surface area contributed by atoms with Gasteiger partial charge in [-0.15, -0.1) is 0 Å². The second-order valence-corrected chi connectivity index (χ2v) is 15.6. The number of benzene rings is 9. The minimum Gasteiger partial charge on any atom is -0.0623 e. The molecule has 0 aliphatic carbocycles. The lowest BCUT2D eigenvalue weighted by atomic mass is 9.88. The van der Waals surface area contributed by atoms with Crippen molar-refractivity contribution in [1.82, 2.24) is 0 Å². The third kappa shape index (κ3) is 4.28. The lowest BCUT2D eigenvalue weighted by molar-refractivity contribution is 1.68. The van der Waals surface area contributed by atoms with Crippen LogP contribution in [0.15, 0.2) is 194 Å². The molecule has 0 radical (unpaired) electrons. The van der Waals surface area contributed by atoms with E-state index in [0.29, 0.717) is 5.56 Å². The van der Waals surface area contributed by atoms with Gasteiger partial charge in [-0.3, -0.25) is 0 Å². The van der Waals surface area contributed by atoms with Crippen LogP contribution >= 0.6 is 0 Å². The molecule has 9 rings (SSSR count). The van der Waals surface area contributed by atoms with Gasteiger partial charge in [0.25, 0.3) is 0 Å². The highest BCUT2D eigenvalue weighted by atomic mass is 28.3. The van der Waals surface area contributed by atoms with E-state index in [1.165, 1.54) is 15.6 Å². The Balaban J connectivity index is 1.59. The van der Waals surface area contributed by atoms with Crippen molar-refractivity contribution >= 4 is 71.9 Å². The first-order chi connectivity index (χ1) is 26.3. The summed E-state index contributed by atoms with van der Waals surface area (Å²) in [5.74, 6) is 0. The van der Waals surface area contributed by atoms with E-state index in [1.807, 2.05) is 48.5 Å². The van der Waals surface area contributed by atoms with Gasteiger partial charge in [0, 0.05) is 0 Å². The van der Waals surface area contributed by atoms with E-state index in [0.717, 1.165) is 37.5 Å². The van der Waals surface area contributed by atoms with Gasteiger partial charge in [-0.05, 0) is 81.0 Å². The predicted molar refractivity (Wildman–Crippen MR) is 206 cm³/mol. The van der Waals surface area contributed by atoms with E-state index in [-0.39, 0.29) is 40.5 Å². The van der Waals surface area contributed by atoms with Gasteiger partial charge in [-0.1, -0.05) is 188 Å². The highest BCUT2D eigenvalue weighted by Crippen LogP contribution is 2.41. The molecule has 0 atom stereocenters. The fourth-order valence-electron chi connectivity index (χ4n) is 7.52. The Morgan fingerprint density at radius 2 is 0.915 bits per heavy atom. The van der Waals surface area contributed by atoms with Gasteiger partial charge in [0.2, 0.25) is 0 Å². The van der Waals surface area contributed by atoms with Crippen LogP contribution in [0.3, 0.4) is 0 Å². The molecule has 9 aromatic carbocycles. The predicted octanol–water partition coefficient (Wildman–Crippen LogP) is 9.34. The molecule has 0 aliphatic heterocycles. The zero-order chi connectivity index (χ0) is 37.3. The Bertz CT molecular complexity index is 2850. The number of hydrogen-bond acceptors (Lipinski definition) is 0. The summed E-state index contributed by atoms with van der Waals surface area (Å²) in [4.78, 5) is 0. The molecule has 0 heterocycles. The summed E-state index contributed by atoms with van der Waals surface area (Å²) in [5.41, 5.74) is 0.782. The third-order valence-corrected chi connectivity index (χ3v) is 14.3. The zero-order valence-electron chi connectivity index (χ0n) is 32.4. The molecule has 0 nitrogen and oxygen atoms in total. The highest BCUT2D eigenvalue weighted by molar-refractivity contribution is 7.21. The van der Waals surface area contributed by atoms with Crippen molar-refractivity contribution in [2.45, 2.75) is 0 Å². The van der Waals surface area contributed by atoms with Crippen LogP contribution in [0.2, 0.25) is 0 Å². The van der Waals surface area contributed by atoms with Crippen molar-refractivity contribution in [1.29, 1.82) is 0 Å². The smallest absolute Gasteiger partial charge is 0.0623 e. The second-order valence-electron chi connectivity index (χ2n) is 11.9. The molecule has 0 unspecified atom stereocenters. The average Bonchev–Trinajstić information content (AvgIpc) is 3.22. The molecule has 0 saturated heterocycles. The van der Waals surface area contributed by atoms with Crippen molar-refractivity contribution in [3.8, 4) is 11.1 Å². The van der Waals surface area contributed by atoms with Gasteiger partial charge in [0.15, 0.2) is 8.07 Å². The maximum atomic E-state index is 9.72. The molecule has 0 N–H and O–H groups in total. The van der Waals surface area contributed by atoms with E-state index in [1.54, 1.807) is 0 Å². The standard InChI is InChI=1S/C46H32Si/c1-4-19-37(20-5-1)47(38-21-6-2-7-22-38,39-23-8-3-9-24-39)46-42-27-15-14-26-41(42)44(36-29-28-33-16-10-11-18-35(33)32-36)45-40-25-13-12-17-34(40)30-31-43(45)46/h1-32H/i10D,11D,16D,18D,28D,29D,32D. The van der Waals surface area contributed by atoms with E-state index in [4.69, 9.17) is 5.48 Å². The summed E-state index contributed by atoms with van der Waals surface area (Å²) < 4.78 is 62.9. The van der Waals surface area contributed by atoms with Crippen LogP contribution in [-0.2, 0) is 0 Å². The lowest BCUT2D eigenvalue weighted by Gasteiger charge is -2.37. The first-order valence-corrected chi connectivity index (χ1v) is 17.8. The summed E-state index contributed by atoms with van der Waals surface area (Å²) in [5, 5.41) is 10.1. The average molecular weight is 620 g/mol. The molecule has 0 aromatic heterocycles. The summed E-state index contributed by atoms with van der Waals surface area (Å²) in [6.07, 6.45) is 0. The van der Waals surface area contributed by atoms with Gasteiger partial charge in [-0.25, -0.2) is 0 Å². The Morgan fingerprint density at radius 3 is 1.55 bits per heavy atom. The highest BCUT2D eigenvalue weighted by Gasteiger charge is 2.44. The molecule has 0 bridgehead atoms. The van der Waals surface area contributed by atoms with Crippen LogP contribution in [0, 0.1) is 0 Å². The topological polar surface area (TPSA) is 0 Å². The molecule has 0 spiro atoms. The fourth-order valence-corrected chi connectivity index (χ4v) is 12.7. The molecule has 0 aliphatic rings. The maximum Gasteiger partial charge on any atom is 0.180 e. The number of fused-ring (bicyclic) bond motifs is 5. The third-order valence-electron chi connectivity index (χ3n) is 9.41. The van der Waals surface area contributed by atoms with E-state index >= 15 is 0 Å². The quantitative estimate of drug-likeness (QED) is 0.0780. The largest absolute Gasteiger partial charge is 0.180 e. The first-order valence-electron chi connectivity index (χ1n) is 19.3. The van der Waals surface area contributed by atoms with Crippen LogP contribution in [0.5, 0.6) is 0 Å². The van der Waals surface area contributed by atoms with Gasteiger partial charge in [0.05, 0.1) is 9.60 Å². The van der Waals surface area contributed by atoms with Gasteiger partial charge in [-0.2, -0.15) is 0 Å². The SMILES string of the molecule is [2H]c1c([2H])c([2H])c2c([2H])c(-c3c4ccccc4c([Si](c4ccccc4)(c4ccccc4)c4ccccc4)c4ccc5ccccc5c34)c([2H])c([2H])c2c1[2H]. The van der Waals surface area contributed by atoms with Crippen LogP contribution in [0.4, 0.5) is 0 Å². The molecule has 220 valence electrons. The molecule has 1 heteroatoms.